The molecule has 0 spiro atoms. The van der Waals surface area contributed by atoms with Gasteiger partial charge in [-0.2, -0.15) is 0 Å². The van der Waals surface area contributed by atoms with Crippen LogP contribution in [0.5, 0.6) is 0 Å². The number of nitrogens with zero attached hydrogens (tertiary/aromatic N) is 2. The predicted octanol–water partition coefficient (Wildman–Crippen LogP) is 4.67. The first kappa shape index (κ1) is 15.0. The predicted molar refractivity (Wildman–Crippen MR) is 87.7 cm³/mol. The van der Waals surface area contributed by atoms with Crippen LogP contribution in [-0.2, 0) is 5.41 Å². The molecular weight excluding hydrogens is 266 g/mol. The maximum absolute atomic E-state index is 4.71. The van der Waals surface area contributed by atoms with Gasteiger partial charge in [-0.25, -0.2) is 9.97 Å². The summed E-state index contributed by atoms with van der Waals surface area (Å²) in [5.74, 6) is 2.09. The summed E-state index contributed by atoms with van der Waals surface area (Å²) >= 11 is 1.78. The fraction of sp³-hybridized carbons (Fsp3) is 0.500. The molecule has 0 amide bonds. The van der Waals surface area contributed by atoms with Gasteiger partial charge in [0.25, 0.3) is 0 Å². The maximum Gasteiger partial charge on any atom is 0.171 e. The number of thiophene rings is 1. The molecule has 0 atom stereocenters. The third kappa shape index (κ3) is 3.18. The van der Waals surface area contributed by atoms with Crippen molar-refractivity contribution < 1.29 is 0 Å². The summed E-state index contributed by atoms with van der Waals surface area (Å²) in [7, 11) is 1.89. The molecule has 2 heterocycles. The highest BCUT2D eigenvalue weighted by molar-refractivity contribution is 7.15. The molecule has 20 heavy (non-hydrogen) atoms. The number of anilines is 1. The molecule has 0 unspecified atom stereocenters. The minimum absolute atomic E-state index is 0.171. The van der Waals surface area contributed by atoms with E-state index >= 15 is 0 Å². The summed E-state index contributed by atoms with van der Waals surface area (Å²) in [5, 5.41) is 3.12. The molecule has 0 radical (unpaired) electrons. The molecule has 0 fully saturated rings. The van der Waals surface area contributed by atoms with E-state index in [4.69, 9.17) is 4.98 Å². The van der Waals surface area contributed by atoms with Crippen LogP contribution < -0.4 is 5.32 Å². The van der Waals surface area contributed by atoms with E-state index in [9.17, 15) is 0 Å². The van der Waals surface area contributed by atoms with Crippen molar-refractivity contribution in [2.24, 2.45) is 0 Å². The van der Waals surface area contributed by atoms with Crippen LogP contribution in [0, 0.1) is 0 Å². The van der Waals surface area contributed by atoms with Crippen LogP contribution in [-0.4, -0.2) is 17.0 Å². The summed E-state index contributed by atoms with van der Waals surface area (Å²) < 4.78 is 0. The van der Waals surface area contributed by atoms with Crippen molar-refractivity contribution in [2.75, 3.05) is 12.4 Å². The molecule has 0 aliphatic heterocycles. The van der Waals surface area contributed by atoms with Gasteiger partial charge in [0.15, 0.2) is 5.82 Å². The fourth-order valence-electron chi connectivity index (χ4n) is 1.86. The van der Waals surface area contributed by atoms with Crippen LogP contribution in [0.3, 0.4) is 0 Å². The van der Waals surface area contributed by atoms with E-state index in [1.165, 1.54) is 4.88 Å². The van der Waals surface area contributed by atoms with Gasteiger partial charge in [-0.15, -0.1) is 11.3 Å². The standard InChI is InChI=1S/C16H23N3S/c1-10(2)11-9-14(17-6)19-15(18-11)12-7-8-13(20-12)16(3,4)5/h7-10H,1-6H3,(H,17,18,19). The molecule has 0 bridgehead atoms. The van der Waals surface area contributed by atoms with Crippen molar-refractivity contribution in [3.05, 3.63) is 28.8 Å². The molecule has 0 aromatic carbocycles. The number of aromatic nitrogens is 2. The first-order chi connectivity index (χ1) is 9.31. The molecule has 2 rings (SSSR count). The topological polar surface area (TPSA) is 37.8 Å². The Morgan fingerprint density at radius 1 is 1.15 bits per heavy atom. The first-order valence-corrected chi connectivity index (χ1v) is 7.80. The fourth-order valence-corrected chi connectivity index (χ4v) is 2.86. The minimum Gasteiger partial charge on any atom is -0.373 e. The van der Waals surface area contributed by atoms with E-state index in [0.29, 0.717) is 5.92 Å². The van der Waals surface area contributed by atoms with Crippen LogP contribution in [0.2, 0.25) is 0 Å². The zero-order valence-corrected chi connectivity index (χ0v) is 13.9. The maximum atomic E-state index is 4.71. The molecular formula is C16H23N3S. The quantitative estimate of drug-likeness (QED) is 0.892. The smallest absolute Gasteiger partial charge is 0.171 e. The van der Waals surface area contributed by atoms with Crippen molar-refractivity contribution in [3.63, 3.8) is 0 Å². The van der Waals surface area contributed by atoms with E-state index in [-0.39, 0.29) is 5.41 Å². The van der Waals surface area contributed by atoms with Gasteiger partial charge >= 0.3 is 0 Å². The van der Waals surface area contributed by atoms with Crippen LogP contribution in [0.15, 0.2) is 18.2 Å². The SMILES string of the molecule is CNc1cc(C(C)C)nc(-c2ccc(C(C)(C)C)s2)n1. The molecule has 0 saturated heterocycles. The lowest BCUT2D eigenvalue weighted by Gasteiger charge is -2.15. The normalized spacial score (nSPS) is 11.9. The average Bonchev–Trinajstić information content (AvgIpc) is 2.87. The lowest BCUT2D eigenvalue weighted by atomic mass is 9.95. The van der Waals surface area contributed by atoms with Gasteiger partial charge in [0.1, 0.15) is 5.82 Å². The largest absolute Gasteiger partial charge is 0.373 e. The molecule has 0 aliphatic rings. The van der Waals surface area contributed by atoms with Crippen LogP contribution in [0.1, 0.15) is 51.1 Å². The summed E-state index contributed by atoms with van der Waals surface area (Å²) in [6, 6.07) is 6.33. The molecule has 2 aromatic heterocycles. The van der Waals surface area contributed by atoms with Crippen LogP contribution in [0.4, 0.5) is 5.82 Å². The van der Waals surface area contributed by atoms with Gasteiger partial charge in [-0.3, -0.25) is 0 Å². The molecule has 0 aliphatic carbocycles. The third-order valence-electron chi connectivity index (χ3n) is 3.16. The Morgan fingerprint density at radius 2 is 1.85 bits per heavy atom. The lowest BCUT2D eigenvalue weighted by Crippen LogP contribution is -2.07. The highest BCUT2D eigenvalue weighted by Crippen LogP contribution is 2.34. The molecule has 108 valence electrons. The van der Waals surface area contributed by atoms with Gasteiger partial charge < -0.3 is 5.32 Å². The van der Waals surface area contributed by atoms with Crippen molar-refractivity contribution in [3.8, 4) is 10.7 Å². The van der Waals surface area contributed by atoms with E-state index in [0.717, 1.165) is 22.2 Å². The van der Waals surface area contributed by atoms with E-state index in [1.807, 2.05) is 13.1 Å². The van der Waals surface area contributed by atoms with Gasteiger partial charge in [-0.05, 0) is 23.5 Å². The Labute approximate surface area is 125 Å². The Hall–Kier alpha value is -1.42. The lowest BCUT2D eigenvalue weighted by molar-refractivity contribution is 0.604. The second kappa shape index (κ2) is 5.52. The second-order valence-corrected chi connectivity index (χ2v) is 7.40. The summed E-state index contributed by atoms with van der Waals surface area (Å²) in [6.45, 7) is 11.0. The van der Waals surface area contributed by atoms with E-state index in [2.05, 4.69) is 57.1 Å². The number of hydrogen-bond acceptors (Lipinski definition) is 4. The van der Waals surface area contributed by atoms with Gasteiger partial charge in [0.2, 0.25) is 0 Å². The summed E-state index contributed by atoms with van der Waals surface area (Å²) in [6.07, 6.45) is 0. The van der Waals surface area contributed by atoms with Gasteiger partial charge in [0, 0.05) is 23.7 Å². The highest BCUT2D eigenvalue weighted by Gasteiger charge is 2.18. The second-order valence-electron chi connectivity index (χ2n) is 6.32. The monoisotopic (exact) mass is 289 g/mol. The van der Waals surface area contributed by atoms with Gasteiger partial charge in [-0.1, -0.05) is 34.6 Å². The molecule has 2 aromatic rings. The summed E-state index contributed by atoms with van der Waals surface area (Å²) in [4.78, 5) is 11.8. The number of nitrogens with one attached hydrogen (secondary N) is 1. The Bertz CT molecular complexity index is 594. The molecule has 1 N–H and O–H groups in total. The molecule has 4 heteroatoms. The molecule has 3 nitrogen and oxygen atoms in total. The minimum atomic E-state index is 0.171. The van der Waals surface area contributed by atoms with Gasteiger partial charge in [0.05, 0.1) is 4.88 Å². The number of hydrogen-bond donors (Lipinski definition) is 1. The van der Waals surface area contributed by atoms with E-state index < -0.39 is 0 Å². The zero-order chi connectivity index (χ0) is 14.9. The average molecular weight is 289 g/mol. The van der Waals surface area contributed by atoms with Crippen molar-refractivity contribution in [1.29, 1.82) is 0 Å². The Kier molecular flexibility index (Phi) is 4.14. The van der Waals surface area contributed by atoms with Crippen molar-refractivity contribution in [2.45, 2.75) is 46.0 Å². The third-order valence-corrected chi connectivity index (χ3v) is 4.67. The molecule has 0 saturated carbocycles. The van der Waals surface area contributed by atoms with Crippen molar-refractivity contribution >= 4 is 17.2 Å². The number of rotatable bonds is 3. The van der Waals surface area contributed by atoms with E-state index in [1.54, 1.807) is 11.3 Å². The zero-order valence-electron chi connectivity index (χ0n) is 13.1. The highest BCUT2D eigenvalue weighted by atomic mass is 32.1. The Balaban J connectivity index is 2.46. The van der Waals surface area contributed by atoms with Crippen molar-refractivity contribution in [1.82, 2.24) is 9.97 Å². The first-order valence-electron chi connectivity index (χ1n) is 6.98. The van der Waals surface area contributed by atoms with Crippen LogP contribution in [0.25, 0.3) is 10.7 Å². The van der Waals surface area contributed by atoms with Crippen LogP contribution >= 0.6 is 11.3 Å². The Morgan fingerprint density at radius 3 is 2.35 bits per heavy atom. The summed E-state index contributed by atoms with van der Waals surface area (Å²) in [5.41, 5.74) is 1.25.